The average molecular weight is 291 g/mol. The Morgan fingerprint density at radius 3 is 3.05 bits per heavy atom. The standard InChI is InChI=1S/C14H15ClN4O/c1-16-14-17-8-10(15)13(19-14)18-11-6-7-20-12-5-3-2-4-9(11)12/h2-5,8,11H,6-7H2,1H3,(H2,16,17,18,19). The third-order valence-electron chi connectivity index (χ3n) is 3.24. The summed E-state index contributed by atoms with van der Waals surface area (Å²) in [5.41, 5.74) is 1.12. The molecule has 1 aromatic heterocycles. The van der Waals surface area contributed by atoms with Gasteiger partial charge in [-0.05, 0) is 6.07 Å². The summed E-state index contributed by atoms with van der Waals surface area (Å²) in [6.45, 7) is 0.677. The molecule has 1 aliphatic rings. The second-order valence-electron chi connectivity index (χ2n) is 4.51. The van der Waals surface area contributed by atoms with Crippen molar-refractivity contribution in [1.29, 1.82) is 0 Å². The topological polar surface area (TPSA) is 59.1 Å². The first-order chi connectivity index (χ1) is 9.78. The number of ether oxygens (including phenoxy) is 1. The lowest BCUT2D eigenvalue weighted by Crippen LogP contribution is -2.21. The van der Waals surface area contributed by atoms with E-state index >= 15 is 0 Å². The molecule has 1 aromatic carbocycles. The Labute approximate surface area is 122 Å². The second-order valence-corrected chi connectivity index (χ2v) is 4.92. The van der Waals surface area contributed by atoms with Crippen molar-refractivity contribution in [1.82, 2.24) is 9.97 Å². The lowest BCUT2D eigenvalue weighted by molar-refractivity contribution is 0.274. The Hall–Kier alpha value is -2.01. The molecule has 2 heterocycles. The van der Waals surface area contributed by atoms with E-state index < -0.39 is 0 Å². The monoisotopic (exact) mass is 290 g/mol. The Morgan fingerprint density at radius 1 is 1.35 bits per heavy atom. The van der Waals surface area contributed by atoms with Crippen LogP contribution in [0.1, 0.15) is 18.0 Å². The van der Waals surface area contributed by atoms with E-state index in [0.29, 0.717) is 23.4 Å². The molecule has 1 atom stereocenters. The molecule has 0 bridgehead atoms. The molecule has 0 amide bonds. The van der Waals surface area contributed by atoms with Gasteiger partial charge >= 0.3 is 0 Å². The molecular weight excluding hydrogens is 276 g/mol. The number of benzene rings is 1. The van der Waals surface area contributed by atoms with Crippen LogP contribution in [0.2, 0.25) is 5.02 Å². The number of hydrogen-bond donors (Lipinski definition) is 2. The van der Waals surface area contributed by atoms with Crippen molar-refractivity contribution in [3.05, 3.63) is 41.0 Å². The molecule has 3 rings (SSSR count). The Kier molecular flexibility index (Phi) is 3.60. The fourth-order valence-electron chi connectivity index (χ4n) is 2.25. The van der Waals surface area contributed by atoms with Crippen LogP contribution in [0.25, 0.3) is 0 Å². The summed E-state index contributed by atoms with van der Waals surface area (Å²) in [5.74, 6) is 2.08. The molecule has 0 fully saturated rings. The maximum absolute atomic E-state index is 6.15. The largest absolute Gasteiger partial charge is 0.493 e. The van der Waals surface area contributed by atoms with Crippen molar-refractivity contribution < 1.29 is 4.74 Å². The minimum absolute atomic E-state index is 0.136. The molecule has 104 valence electrons. The molecule has 2 aromatic rings. The predicted octanol–water partition coefficient (Wildman–Crippen LogP) is 3.11. The Balaban J connectivity index is 1.89. The van der Waals surface area contributed by atoms with Crippen molar-refractivity contribution >= 4 is 23.4 Å². The van der Waals surface area contributed by atoms with E-state index in [1.807, 2.05) is 18.2 Å². The molecule has 0 aliphatic carbocycles. The van der Waals surface area contributed by atoms with Gasteiger partial charge in [-0.2, -0.15) is 4.98 Å². The van der Waals surface area contributed by atoms with Gasteiger partial charge in [0.05, 0.1) is 18.8 Å². The number of nitrogens with zero attached hydrogens (tertiary/aromatic N) is 2. The third kappa shape index (κ3) is 2.49. The number of hydrogen-bond acceptors (Lipinski definition) is 5. The van der Waals surface area contributed by atoms with Crippen molar-refractivity contribution in [2.45, 2.75) is 12.5 Å². The van der Waals surface area contributed by atoms with Crippen LogP contribution in [0.4, 0.5) is 11.8 Å². The van der Waals surface area contributed by atoms with E-state index in [9.17, 15) is 0 Å². The lowest BCUT2D eigenvalue weighted by atomic mass is 10.0. The van der Waals surface area contributed by atoms with Gasteiger partial charge in [0.1, 0.15) is 10.8 Å². The minimum Gasteiger partial charge on any atom is -0.493 e. The molecule has 1 unspecified atom stereocenters. The van der Waals surface area contributed by atoms with Gasteiger partial charge in [0.2, 0.25) is 5.95 Å². The number of para-hydroxylation sites is 1. The van der Waals surface area contributed by atoms with Gasteiger partial charge in [-0.3, -0.25) is 0 Å². The van der Waals surface area contributed by atoms with E-state index in [0.717, 1.165) is 17.7 Å². The quantitative estimate of drug-likeness (QED) is 0.909. The summed E-state index contributed by atoms with van der Waals surface area (Å²) >= 11 is 6.15. The number of nitrogens with one attached hydrogen (secondary N) is 2. The molecule has 0 spiro atoms. The highest BCUT2D eigenvalue weighted by Crippen LogP contribution is 2.35. The summed E-state index contributed by atoms with van der Waals surface area (Å²) in [6, 6.07) is 8.14. The molecule has 0 radical (unpaired) electrons. The van der Waals surface area contributed by atoms with Crippen LogP contribution in [0, 0.1) is 0 Å². The first-order valence-electron chi connectivity index (χ1n) is 6.46. The second kappa shape index (κ2) is 5.54. The zero-order valence-corrected chi connectivity index (χ0v) is 11.8. The Morgan fingerprint density at radius 2 is 2.20 bits per heavy atom. The zero-order valence-electron chi connectivity index (χ0n) is 11.1. The average Bonchev–Trinajstić information content (AvgIpc) is 2.50. The smallest absolute Gasteiger partial charge is 0.224 e. The van der Waals surface area contributed by atoms with Crippen molar-refractivity contribution in [2.24, 2.45) is 0 Å². The highest BCUT2D eigenvalue weighted by atomic mass is 35.5. The van der Waals surface area contributed by atoms with Crippen molar-refractivity contribution in [3.63, 3.8) is 0 Å². The maximum Gasteiger partial charge on any atom is 0.224 e. The van der Waals surface area contributed by atoms with Gasteiger partial charge in [0, 0.05) is 19.0 Å². The molecule has 1 aliphatic heterocycles. The van der Waals surface area contributed by atoms with E-state index in [4.69, 9.17) is 16.3 Å². The fraction of sp³-hybridized carbons (Fsp3) is 0.286. The minimum atomic E-state index is 0.136. The predicted molar refractivity (Wildman–Crippen MR) is 79.5 cm³/mol. The lowest BCUT2D eigenvalue weighted by Gasteiger charge is -2.27. The molecule has 0 saturated carbocycles. The number of fused-ring (bicyclic) bond motifs is 1. The number of rotatable bonds is 3. The van der Waals surface area contributed by atoms with Crippen LogP contribution in [-0.4, -0.2) is 23.6 Å². The fourth-order valence-corrected chi connectivity index (χ4v) is 2.39. The number of aromatic nitrogens is 2. The van der Waals surface area contributed by atoms with Crippen LogP contribution in [0.5, 0.6) is 5.75 Å². The van der Waals surface area contributed by atoms with Gasteiger partial charge in [0.25, 0.3) is 0 Å². The molecule has 20 heavy (non-hydrogen) atoms. The van der Waals surface area contributed by atoms with Crippen molar-refractivity contribution in [2.75, 3.05) is 24.3 Å². The van der Waals surface area contributed by atoms with Crippen LogP contribution < -0.4 is 15.4 Å². The van der Waals surface area contributed by atoms with Gasteiger partial charge in [-0.1, -0.05) is 29.8 Å². The van der Waals surface area contributed by atoms with E-state index in [2.05, 4.69) is 26.7 Å². The van der Waals surface area contributed by atoms with Crippen LogP contribution in [0.15, 0.2) is 30.5 Å². The Bertz CT molecular complexity index is 620. The summed E-state index contributed by atoms with van der Waals surface area (Å²) in [4.78, 5) is 8.43. The van der Waals surface area contributed by atoms with Gasteiger partial charge < -0.3 is 15.4 Å². The maximum atomic E-state index is 6.15. The summed E-state index contributed by atoms with van der Waals surface area (Å²) < 4.78 is 5.65. The third-order valence-corrected chi connectivity index (χ3v) is 3.51. The molecule has 2 N–H and O–H groups in total. The van der Waals surface area contributed by atoms with Crippen LogP contribution in [0.3, 0.4) is 0 Å². The highest BCUT2D eigenvalue weighted by Gasteiger charge is 2.22. The van der Waals surface area contributed by atoms with Crippen molar-refractivity contribution in [3.8, 4) is 5.75 Å². The van der Waals surface area contributed by atoms with Crippen LogP contribution in [-0.2, 0) is 0 Å². The van der Waals surface area contributed by atoms with E-state index in [1.165, 1.54) is 0 Å². The first-order valence-corrected chi connectivity index (χ1v) is 6.84. The molecule has 6 heteroatoms. The van der Waals surface area contributed by atoms with E-state index in [1.54, 1.807) is 13.2 Å². The SMILES string of the molecule is CNc1ncc(Cl)c(NC2CCOc3ccccc32)n1. The highest BCUT2D eigenvalue weighted by molar-refractivity contribution is 6.32. The number of anilines is 2. The first kappa shape index (κ1) is 13.0. The van der Waals surface area contributed by atoms with Gasteiger partial charge in [0.15, 0.2) is 5.82 Å². The summed E-state index contributed by atoms with van der Waals surface area (Å²) in [6.07, 6.45) is 2.46. The van der Waals surface area contributed by atoms with Gasteiger partial charge in [-0.25, -0.2) is 4.98 Å². The zero-order chi connectivity index (χ0) is 13.9. The molecule has 0 saturated heterocycles. The molecular formula is C14H15ClN4O. The van der Waals surface area contributed by atoms with E-state index in [-0.39, 0.29) is 6.04 Å². The normalized spacial score (nSPS) is 17.0. The van der Waals surface area contributed by atoms with Gasteiger partial charge in [-0.15, -0.1) is 0 Å². The number of halogens is 1. The van der Waals surface area contributed by atoms with Crippen LogP contribution >= 0.6 is 11.6 Å². The molecule has 5 nitrogen and oxygen atoms in total. The summed E-state index contributed by atoms with van der Waals surface area (Å²) in [7, 11) is 1.77. The summed E-state index contributed by atoms with van der Waals surface area (Å²) in [5, 5.41) is 6.79.